The number of hydrogen-bond donors (Lipinski definition) is 1. The first-order valence-corrected chi connectivity index (χ1v) is 4.98. The zero-order valence-corrected chi connectivity index (χ0v) is 9.38. The van der Waals surface area contributed by atoms with E-state index >= 15 is 0 Å². The summed E-state index contributed by atoms with van der Waals surface area (Å²) in [5.74, 6) is 0.782. The number of aryl methyl sites for hydroxylation is 1. The first kappa shape index (κ1) is 10.3. The number of aliphatic hydroxyl groups excluding tert-OH is 1. The maximum Gasteiger partial charge on any atom is 0.120 e. The van der Waals surface area contributed by atoms with Gasteiger partial charge in [-0.15, -0.1) is 0 Å². The number of aromatic nitrogens is 1. The van der Waals surface area contributed by atoms with E-state index in [-0.39, 0.29) is 6.61 Å². The highest BCUT2D eigenvalue weighted by atomic mass is 35.5. The molecule has 0 aliphatic rings. The Morgan fingerprint density at radius 3 is 2.80 bits per heavy atom. The lowest BCUT2D eigenvalue weighted by Gasteiger charge is -2.02. The van der Waals surface area contributed by atoms with Crippen LogP contribution in [-0.2, 0) is 13.7 Å². The van der Waals surface area contributed by atoms with E-state index in [1.165, 1.54) is 0 Å². The van der Waals surface area contributed by atoms with Crippen molar-refractivity contribution in [2.75, 3.05) is 7.11 Å². The molecule has 0 atom stereocenters. The van der Waals surface area contributed by atoms with Crippen molar-refractivity contribution in [2.24, 2.45) is 7.05 Å². The highest BCUT2D eigenvalue weighted by molar-refractivity contribution is 6.36. The van der Waals surface area contributed by atoms with Gasteiger partial charge in [0.25, 0.3) is 0 Å². The van der Waals surface area contributed by atoms with Crippen LogP contribution in [0.3, 0.4) is 0 Å². The van der Waals surface area contributed by atoms with Gasteiger partial charge in [0.15, 0.2) is 0 Å². The zero-order chi connectivity index (χ0) is 11.0. The van der Waals surface area contributed by atoms with Crippen LogP contribution in [0.2, 0.25) is 5.02 Å². The van der Waals surface area contributed by atoms with Gasteiger partial charge in [0, 0.05) is 18.5 Å². The molecule has 80 valence electrons. The number of nitrogens with zero attached hydrogens (tertiary/aromatic N) is 1. The molecular formula is C11H12ClNO2. The molecule has 0 spiro atoms. The van der Waals surface area contributed by atoms with Crippen LogP contribution in [0.15, 0.2) is 18.2 Å². The van der Waals surface area contributed by atoms with Crippen molar-refractivity contribution in [3.63, 3.8) is 0 Å². The molecule has 0 unspecified atom stereocenters. The Balaban J connectivity index is 2.77. The van der Waals surface area contributed by atoms with E-state index < -0.39 is 0 Å². The van der Waals surface area contributed by atoms with Gasteiger partial charge in [-0.05, 0) is 12.1 Å². The molecule has 2 aromatic rings. The minimum Gasteiger partial charge on any atom is -0.497 e. The molecule has 4 heteroatoms. The Morgan fingerprint density at radius 1 is 1.47 bits per heavy atom. The Morgan fingerprint density at radius 2 is 2.20 bits per heavy atom. The van der Waals surface area contributed by atoms with Gasteiger partial charge in [0.2, 0.25) is 0 Å². The molecule has 0 saturated heterocycles. The summed E-state index contributed by atoms with van der Waals surface area (Å²) in [6, 6.07) is 5.66. The van der Waals surface area contributed by atoms with Crippen LogP contribution < -0.4 is 4.74 Å². The molecule has 0 aliphatic heterocycles. The third-order valence-electron chi connectivity index (χ3n) is 2.61. The van der Waals surface area contributed by atoms with Crippen LogP contribution >= 0.6 is 11.6 Å². The summed E-state index contributed by atoms with van der Waals surface area (Å²) < 4.78 is 7.02. The Kier molecular flexibility index (Phi) is 2.59. The predicted octanol–water partition coefficient (Wildman–Crippen LogP) is 2.33. The van der Waals surface area contributed by atoms with Crippen molar-refractivity contribution >= 4 is 22.5 Å². The molecule has 1 aromatic carbocycles. The van der Waals surface area contributed by atoms with E-state index in [1.54, 1.807) is 7.11 Å². The monoisotopic (exact) mass is 225 g/mol. The molecule has 1 heterocycles. The standard InChI is InChI=1S/C11H12ClNO2/c1-13-9-5-7(15-2)3-4-8(9)11(12)10(13)6-14/h3-5,14H,6H2,1-2H3. The van der Waals surface area contributed by atoms with Crippen molar-refractivity contribution in [3.8, 4) is 5.75 Å². The molecule has 15 heavy (non-hydrogen) atoms. The summed E-state index contributed by atoms with van der Waals surface area (Å²) in [5.41, 5.74) is 1.68. The predicted molar refractivity (Wildman–Crippen MR) is 60.4 cm³/mol. The first-order chi connectivity index (χ1) is 7.19. The van der Waals surface area contributed by atoms with E-state index in [9.17, 15) is 5.11 Å². The van der Waals surface area contributed by atoms with Crippen molar-refractivity contribution < 1.29 is 9.84 Å². The van der Waals surface area contributed by atoms with Crippen LogP contribution in [0.4, 0.5) is 0 Å². The fourth-order valence-corrected chi connectivity index (χ4v) is 2.07. The minimum absolute atomic E-state index is 0.0632. The molecule has 0 amide bonds. The summed E-state index contributed by atoms with van der Waals surface area (Å²) in [7, 11) is 3.50. The van der Waals surface area contributed by atoms with Gasteiger partial charge in [-0.1, -0.05) is 11.6 Å². The van der Waals surface area contributed by atoms with Crippen molar-refractivity contribution in [1.82, 2.24) is 4.57 Å². The molecule has 0 fully saturated rings. The molecule has 0 bridgehead atoms. The summed E-state index contributed by atoms with van der Waals surface area (Å²) >= 11 is 6.14. The highest BCUT2D eigenvalue weighted by Crippen LogP contribution is 2.32. The van der Waals surface area contributed by atoms with Crippen LogP contribution in [0.1, 0.15) is 5.69 Å². The van der Waals surface area contributed by atoms with Crippen LogP contribution in [0, 0.1) is 0 Å². The van der Waals surface area contributed by atoms with Crippen LogP contribution in [0.5, 0.6) is 5.75 Å². The second-order valence-corrected chi connectivity index (χ2v) is 3.74. The lowest BCUT2D eigenvalue weighted by atomic mass is 10.2. The largest absolute Gasteiger partial charge is 0.497 e. The minimum atomic E-state index is -0.0632. The third kappa shape index (κ3) is 1.48. The molecule has 3 nitrogen and oxygen atoms in total. The SMILES string of the molecule is COc1ccc2c(Cl)c(CO)n(C)c2c1. The molecule has 1 aromatic heterocycles. The zero-order valence-electron chi connectivity index (χ0n) is 8.62. The summed E-state index contributed by atoms with van der Waals surface area (Å²) in [5, 5.41) is 10.7. The number of rotatable bonds is 2. The van der Waals surface area contributed by atoms with Gasteiger partial charge in [-0.25, -0.2) is 0 Å². The third-order valence-corrected chi connectivity index (χ3v) is 3.03. The maximum absolute atomic E-state index is 9.19. The summed E-state index contributed by atoms with van der Waals surface area (Å²) in [6.07, 6.45) is 0. The number of hydrogen-bond acceptors (Lipinski definition) is 2. The fourth-order valence-electron chi connectivity index (χ4n) is 1.73. The van der Waals surface area contributed by atoms with Gasteiger partial charge in [-0.3, -0.25) is 0 Å². The van der Waals surface area contributed by atoms with E-state index in [4.69, 9.17) is 16.3 Å². The second kappa shape index (κ2) is 3.76. The highest BCUT2D eigenvalue weighted by Gasteiger charge is 2.12. The fraction of sp³-hybridized carbons (Fsp3) is 0.273. The molecule has 0 radical (unpaired) electrons. The molecule has 0 saturated carbocycles. The van der Waals surface area contributed by atoms with Crippen molar-refractivity contribution in [2.45, 2.75) is 6.61 Å². The van der Waals surface area contributed by atoms with E-state index in [0.717, 1.165) is 22.3 Å². The maximum atomic E-state index is 9.19. The quantitative estimate of drug-likeness (QED) is 0.851. The number of halogens is 1. The van der Waals surface area contributed by atoms with Crippen LogP contribution in [-0.4, -0.2) is 16.8 Å². The normalized spacial score (nSPS) is 10.9. The van der Waals surface area contributed by atoms with E-state index in [2.05, 4.69) is 0 Å². The molecule has 1 N–H and O–H groups in total. The number of ether oxygens (including phenoxy) is 1. The number of fused-ring (bicyclic) bond motifs is 1. The molecule has 2 rings (SSSR count). The van der Waals surface area contributed by atoms with Crippen LogP contribution in [0.25, 0.3) is 10.9 Å². The molecule has 0 aliphatic carbocycles. The lowest BCUT2D eigenvalue weighted by molar-refractivity contribution is 0.273. The van der Waals surface area contributed by atoms with Gasteiger partial charge in [-0.2, -0.15) is 0 Å². The average molecular weight is 226 g/mol. The van der Waals surface area contributed by atoms with Gasteiger partial charge >= 0.3 is 0 Å². The molecular weight excluding hydrogens is 214 g/mol. The van der Waals surface area contributed by atoms with E-state index in [1.807, 2.05) is 29.8 Å². The first-order valence-electron chi connectivity index (χ1n) is 4.60. The Labute approximate surface area is 92.8 Å². The van der Waals surface area contributed by atoms with Gasteiger partial charge in [0.1, 0.15) is 5.75 Å². The topological polar surface area (TPSA) is 34.4 Å². The summed E-state index contributed by atoms with van der Waals surface area (Å²) in [4.78, 5) is 0. The Bertz CT molecular complexity index is 505. The second-order valence-electron chi connectivity index (χ2n) is 3.36. The van der Waals surface area contributed by atoms with Crippen molar-refractivity contribution in [3.05, 3.63) is 28.9 Å². The number of benzene rings is 1. The van der Waals surface area contributed by atoms with E-state index in [0.29, 0.717) is 5.02 Å². The number of aliphatic hydroxyl groups is 1. The average Bonchev–Trinajstić information content (AvgIpc) is 2.51. The van der Waals surface area contributed by atoms with Crippen molar-refractivity contribution in [1.29, 1.82) is 0 Å². The lowest BCUT2D eigenvalue weighted by Crippen LogP contribution is -1.95. The number of methoxy groups -OCH3 is 1. The Hall–Kier alpha value is -1.19. The van der Waals surface area contributed by atoms with Gasteiger partial charge < -0.3 is 14.4 Å². The smallest absolute Gasteiger partial charge is 0.120 e. The van der Waals surface area contributed by atoms with Gasteiger partial charge in [0.05, 0.1) is 29.9 Å². The summed E-state index contributed by atoms with van der Waals surface area (Å²) in [6.45, 7) is -0.0632.